The van der Waals surface area contributed by atoms with E-state index in [1.165, 1.54) is 24.3 Å². The molecule has 6 nitrogen and oxygen atoms in total. The molecule has 0 saturated carbocycles. The maximum Gasteiger partial charge on any atom is 0.292 e. The molecule has 7 heteroatoms. The van der Waals surface area contributed by atoms with Crippen LogP contribution in [0.2, 0.25) is 5.02 Å². The van der Waals surface area contributed by atoms with Crippen molar-refractivity contribution >= 4 is 35.0 Å². The van der Waals surface area contributed by atoms with Gasteiger partial charge in [-0.15, -0.1) is 0 Å². The van der Waals surface area contributed by atoms with E-state index in [1.807, 2.05) is 0 Å². The Morgan fingerprint density at radius 3 is 2.48 bits per heavy atom. The van der Waals surface area contributed by atoms with E-state index in [0.717, 1.165) is 0 Å². The van der Waals surface area contributed by atoms with Crippen LogP contribution in [-0.4, -0.2) is 10.8 Å². The van der Waals surface area contributed by atoms with Crippen LogP contribution in [0.1, 0.15) is 5.56 Å². The summed E-state index contributed by atoms with van der Waals surface area (Å²) in [6.07, 6.45) is 1.38. The summed E-state index contributed by atoms with van der Waals surface area (Å²) in [6, 6.07) is 14.0. The summed E-state index contributed by atoms with van der Waals surface area (Å²) in [6.45, 7) is 0. The molecule has 114 valence electrons. The van der Waals surface area contributed by atoms with Gasteiger partial charge in [0.05, 0.1) is 4.92 Å². The smallest absolute Gasteiger partial charge is 0.292 e. The normalized spacial score (nSPS) is 10.7. The zero-order valence-electron chi connectivity index (χ0n) is 11.7. The number of halogens is 1. The third-order valence-electron chi connectivity index (χ3n) is 2.90. The molecule has 1 amide bonds. The molecule has 2 aromatic carbocycles. The van der Waals surface area contributed by atoms with Crippen molar-refractivity contribution in [2.24, 2.45) is 0 Å². The Hall–Kier alpha value is -3.17. The van der Waals surface area contributed by atoms with Gasteiger partial charge in [-0.25, -0.2) is 0 Å². The van der Waals surface area contributed by atoms with Gasteiger partial charge >= 0.3 is 0 Å². The largest absolute Gasteiger partial charge is 0.316 e. The molecular weight excluding hydrogens is 318 g/mol. The monoisotopic (exact) mass is 327 g/mol. The van der Waals surface area contributed by atoms with Crippen molar-refractivity contribution in [2.45, 2.75) is 0 Å². The fraction of sp³-hybridized carbons (Fsp3) is 0. The van der Waals surface area contributed by atoms with Crippen molar-refractivity contribution in [3.8, 4) is 6.07 Å². The molecule has 0 saturated heterocycles. The fourth-order valence-corrected chi connectivity index (χ4v) is 1.93. The van der Waals surface area contributed by atoms with Crippen LogP contribution in [0, 0.1) is 21.4 Å². The van der Waals surface area contributed by atoms with Crippen LogP contribution in [0.15, 0.2) is 54.1 Å². The van der Waals surface area contributed by atoms with Crippen molar-refractivity contribution in [3.63, 3.8) is 0 Å². The molecule has 0 heterocycles. The Balaban J connectivity index is 2.27. The second kappa shape index (κ2) is 7.20. The van der Waals surface area contributed by atoms with Crippen LogP contribution in [0.3, 0.4) is 0 Å². The molecule has 0 spiro atoms. The molecule has 2 aromatic rings. The molecule has 0 aromatic heterocycles. The summed E-state index contributed by atoms with van der Waals surface area (Å²) in [7, 11) is 0. The quantitative estimate of drug-likeness (QED) is 0.400. The molecule has 0 aliphatic rings. The second-order valence-corrected chi connectivity index (χ2v) is 4.89. The number of nitrogens with one attached hydrogen (secondary N) is 1. The number of nitriles is 1. The molecular formula is C16H10ClN3O3. The number of nitro benzene ring substituents is 1. The van der Waals surface area contributed by atoms with Crippen LogP contribution in [0.4, 0.5) is 11.4 Å². The Morgan fingerprint density at radius 2 is 1.87 bits per heavy atom. The van der Waals surface area contributed by atoms with Gasteiger partial charge in [-0.05, 0) is 29.8 Å². The third-order valence-corrected chi connectivity index (χ3v) is 3.15. The average molecular weight is 328 g/mol. The van der Waals surface area contributed by atoms with E-state index in [4.69, 9.17) is 16.9 Å². The number of hydrogen-bond donors (Lipinski definition) is 1. The lowest BCUT2D eigenvalue weighted by molar-refractivity contribution is -0.383. The van der Waals surface area contributed by atoms with E-state index in [0.29, 0.717) is 10.6 Å². The van der Waals surface area contributed by atoms with Gasteiger partial charge in [0.1, 0.15) is 17.3 Å². The average Bonchev–Trinajstić information content (AvgIpc) is 2.54. The Labute approximate surface area is 136 Å². The van der Waals surface area contributed by atoms with Crippen LogP contribution >= 0.6 is 11.6 Å². The maximum atomic E-state index is 12.1. The van der Waals surface area contributed by atoms with E-state index < -0.39 is 10.8 Å². The van der Waals surface area contributed by atoms with Crippen LogP contribution in [0.5, 0.6) is 0 Å². The number of anilines is 1. The van der Waals surface area contributed by atoms with Crippen molar-refractivity contribution in [2.75, 3.05) is 5.32 Å². The molecule has 0 aliphatic heterocycles. The van der Waals surface area contributed by atoms with Crippen LogP contribution in [0.25, 0.3) is 6.08 Å². The van der Waals surface area contributed by atoms with Crippen LogP contribution < -0.4 is 5.32 Å². The molecule has 0 bridgehead atoms. The van der Waals surface area contributed by atoms with E-state index in [1.54, 1.807) is 36.4 Å². The summed E-state index contributed by atoms with van der Waals surface area (Å²) in [5, 5.41) is 23.0. The van der Waals surface area contributed by atoms with Gasteiger partial charge in [0, 0.05) is 11.1 Å². The first-order chi connectivity index (χ1) is 11.0. The molecule has 0 fully saturated rings. The Morgan fingerprint density at radius 1 is 1.22 bits per heavy atom. The number of hydrogen-bond acceptors (Lipinski definition) is 4. The number of amides is 1. The van der Waals surface area contributed by atoms with Gasteiger partial charge < -0.3 is 5.32 Å². The predicted molar refractivity (Wildman–Crippen MR) is 86.8 cm³/mol. The molecule has 0 aliphatic carbocycles. The van der Waals surface area contributed by atoms with Crippen molar-refractivity contribution in [3.05, 3.63) is 74.8 Å². The highest BCUT2D eigenvalue weighted by atomic mass is 35.5. The third kappa shape index (κ3) is 4.15. The Bertz CT molecular complexity index is 823. The van der Waals surface area contributed by atoms with Gasteiger partial charge in [0.25, 0.3) is 11.6 Å². The maximum absolute atomic E-state index is 12.1. The summed E-state index contributed by atoms with van der Waals surface area (Å²) in [5.41, 5.74) is 0.221. The highest BCUT2D eigenvalue weighted by Crippen LogP contribution is 2.24. The summed E-state index contributed by atoms with van der Waals surface area (Å²) >= 11 is 5.77. The minimum absolute atomic E-state index is 0.0276. The van der Waals surface area contributed by atoms with E-state index in [9.17, 15) is 14.9 Å². The highest BCUT2D eigenvalue weighted by Gasteiger charge is 2.17. The van der Waals surface area contributed by atoms with Gasteiger partial charge in [0.2, 0.25) is 0 Å². The zero-order valence-corrected chi connectivity index (χ0v) is 12.4. The molecule has 2 rings (SSSR count). The van der Waals surface area contributed by atoms with E-state index in [2.05, 4.69) is 5.32 Å². The molecule has 1 N–H and O–H groups in total. The predicted octanol–water partition coefficient (Wildman–Crippen LogP) is 3.79. The van der Waals surface area contributed by atoms with Crippen LogP contribution in [-0.2, 0) is 4.79 Å². The van der Waals surface area contributed by atoms with Gasteiger partial charge in [-0.2, -0.15) is 5.26 Å². The molecule has 0 unspecified atom stereocenters. The SMILES string of the molecule is N#C/C(=C\c1ccc(Cl)cc1)C(=O)Nc1ccccc1[N+](=O)[O-]. The van der Waals surface area contributed by atoms with E-state index >= 15 is 0 Å². The number of para-hydroxylation sites is 2. The minimum atomic E-state index is -0.725. The lowest BCUT2D eigenvalue weighted by atomic mass is 10.1. The van der Waals surface area contributed by atoms with Gasteiger partial charge in [0.15, 0.2) is 0 Å². The lowest BCUT2D eigenvalue weighted by Crippen LogP contribution is -2.14. The highest BCUT2D eigenvalue weighted by molar-refractivity contribution is 6.30. The standard InChI is InChI=1S/C16H10ClN3O3/c17-13-7-5-11(6-8-13)9-12(10-18)16(21)19-14-3-1-2-4-15(14)20(22)23/h1-9H,(H,19,21)/b12-9+. The number of carbonyl (C=O) groups is 1. The van der Waals surface area contributed by atoms with Crippen molar-refractivity contribution < 1.29 is 9.72 Å². The topological polar surface area (TPSA) is 96.0 Å². The fourth-order valence-electron chi connectivity index (χ4n) is 1.80. The zero-order chi connectivity index (χ0) is 16.8. The van der Waals surface area contributed by atoms with Crippen molar-refractivity contribution in [1.82, 2.24) is 0 Å². The van der Waals surface area contributed by atoms with E-state index in [-0.39, 0.29) is 16.9 Å². The number of carbonyl (C=O) groups excluding carboxylic acids is 1. The number of rotatable bonds is 4. The summed E-state index contributed by atoms with van der Waals surface area (Å²) < 4.78 is 0. The number of nitrogens with zero attached hydrogens (tertiary/aromatic N) is 2. The first-order valence-corrected chi connectivity index (χ1v) is 6.81. The summed E-state index contributed by atoms with van der Waals surface area (Å²) in [5.74, 6) is -0.725. The molecule has 0 atom stereocenters. The number of nitro groups is 1. The molecule has 0 radical (unpaired) electrons. The second-order valence-electron chi connectivity index (χ2n) is 4.45. The number of benzene rings is 2. The summed E-state index contributed by atoms with van der Waals surface area (Å²) in [4.78, 5) is 22.5. The van der Waals surface area contributed by atoms with Gasteiger partial charge in [-0.1, -0.05) is 35.9 Å². The lowest BCUT2D eigenvalue weighted by Gasteiger charge is -2.05. The van der Waals surface area contributed by atoms with Gasteiger partial charge in [-0.3, -0.25) is 14.9 Å². The van der Waals surface area contributed by atoms with Crippen molar-refractivity contribution in [1.29, 1.82) is 5.26 Å². The first kappa shape index (κ1) is 16.2. The Kier molecular flexibility index (Phi) is 5.07. The molecule has 23 heavy (non-hydrogen) atoms. The first-order valence-electron chi connectivity index (χ1n) is 6.43. The minimum Gasteiger partial charge on any atom is -0.316 e.